The van der Waals surface area contributed by atoms with Gasteiger partial charge in [-0.25, -0.2) is 4.99 Å². The first-order valence-electron chi connectivity index (χ1n) is 8.14. The molecule has 0 bridgehead atoms. The molecule has 2 heterocycles. The van der Waals surface area contributed by atoms with E-state index in [0.717, 1.165) is 11.3 Å². The molecule has 4 rings (SSSR count). The van der Waals surface area contributed by atoms with Crippen molar-refractivity contribution in [3.63, 3.8) is 0 Å². The van der Waals surface area contributed by atoms with Gasteiger partial charge in [0.2, 0.25) is 0 Å². The van der Waals surface area contributed by atoms with Crippen LogP contribution in [0.15, 0.2) is 70.3 Å². The molecule has 9 heteroatoms. The molecule has 0 aliphatic carbocycles. The van der Waals surface area contributed by atoms with Crippen LogP contribution in [0.4, 0.5) is 5.69 Å². The number of hydrogen-bond donors (Lipinski definition) is 1. The van der Waals surface area contributed by atoms with Gasteiger partial charge in [-0.05, 0) is 41.6 Å². The van der Waals surface area contributed by atoms with Gasteiger partial charge in [0.15, 0.2) is 5.17 Å². The molecule has 2 N–H and O–H groups in total. The highest BCUT2D eigenvalue weighted by Crippen LogP contribution is 2.43. The van der Waals surface area contributed by atoms with E-state index >= 15 is 0 Å². The number of nitrogens with two attached hydrogens (primary N) is 1. The van der Waals surface area contributed by atoms with E-state index in [9.17, 15) is 15.4 Å². The lowest BCUT2D eigenvalue weighted by molar-refractivity contribution is -0.384. The van der Waals surface area contributed by atoms with Crippen LogP contribution in [-0.4, -0.2) is 15.0 Å². The maximum absolute atomic E-state index is 10.9. The van der Waals surface area contributed by atoms with Gasteiger partial charge in [-0.15, -0.1) is 0 Å². The molecule has 0 amide bonds. The number of hydrogen-bond acceptors (Lipinski definition) is 7. The average molecular weight is 410 g/mol. The molecule has 7 nitrogen and oxygen atoms in total. The summed E-state index contributed by atoms with van der Waals surface area (Å²) in [4.78, 5) is 16.9. The summed E-state index contributed by atoms with van der Waals surface area (Å²) in [6.45, 7) is 0. The van der Waals surface area contributed by atoms with Crippen LogP contribution in [-0.2, 0) is 0 Å². The van der Waals surface area contributed by atoms with Gasteiger partial charge in [-0.3, -0.25) is 15.0 Å². The Kier molecular flexibility index (Phi) is 4.55. The van der Waals surface area contributed by atoms with Crippen molar-refractivity contribution in [3.8, 4) is 6.07 Å². The number of benzene rings is 2. The number of nitro groups is 1. The molecule has 2 aliphatic rings. The van der Waals surface area contributed by atoms with Crippen LogP contribution in [0.2, 0.25) is 5.02 Å². The minimum absolute atomic E-state index is 0.0116. The number of halogens is 1. The summed E-state index contributed by atoms with van der Waals surface area (Å²) in [5.41, 5.74) is 8.94. The fourth-order valence-electron chi connectivity index (χ4n) is 3.02. The smallest absolute Gasteiger partial charge is 0.269 e. The molecule has 1 atom stereocenters. The lowest BCUT2D eigenvalue weighted by Crippen LogP contribution is -2.23. The summed E-state index contributed by atoms with van der Waals surface area (Å²) in [7, 11) is 0. The Labute approximate surface area is 169 Å². The number of amidine groups is 1. The quantitative estimate of drug-likeness (QED) is 0.594. The van der Waals surface area contributed by atoms with Gasteiger partial charge >= 0.3 is 0 Å². The molecule has 2 aliphatic heterocycles. The van der Waals surface area contributed by atoms with Gasteiger partial charge in [0.1, 0.15) is 6.04 Å². The summed E-state index contributed by atoms with van der Waals surface area (Å²) in [6.07, 6.45) is 1.71. The second-order valence-electron chi connectivity index (χ2n) is 6.05. The van der Waals surface area contributed by atoms with E-state index in [0.29, 0.717) is 26.4 Å². The highest BCUT2D eigenvalue weighted by Gasteiger charge is 2.34. The van der Waals surface area contributed by atoms with Crippen molar-refractivity contribution in [1.29, 1.82) is 5.26 Å². The molecular formula is C19H12ClN5O2S. The zero-order valence-electron chi connectivity index (χ0n) is 14.2. The number of nitriles is 1. The van der Waals surface area contributed by atoms with Gasteiger partial charge in [0, 0.05) is 28.9 Å². The molecule has 0 fully saturated rings. The molecule has 138 valence electrons. The van der Waals surface area contributed by atoms with Gasteiger partial charge in [0.05, 0.1) is 27.3 Å². The number of non-ortho nitro benzene ring substituents is 1. The Hall–Kier alpha value is -3.28. The average Bonchev–Trinajstić information content (AvgIpc) is 3.02. The highest BCUT2D eigenvalue weighted by atomic mass is 35.5. The molecule has 28 heavy (non-hydrogen) atoms. The minimum Gasteiger partial charge on any atom is -0.391 e. The van der Waals surface area contributed by atoms with E-state index in [2.05, 4.69) is 11.1 Å². The van der Waals surface area contributed by atoms with Crippen LogP contribution >= 0.6 is 23.4 Å². The van der Waals surface area contributed by atoms with Crippen molar-refractivity contribution in [2.24, 2.45) is 10.7 Å². The first-order chi connectivity index (χ1) is 13.5. The van der Waals surface area contributed by atoms with Gasteiger partial charge in [-0.1, -0.05) is 23.7 Å². The second kappa shape index (κ2) is 7.03. The van der Waals surface area contributed by atoms with E-state index in [1.165, 1.54) is 23.9 Å². The van der Waals surface area contributed by atoms with Gasteiger partial charge in [-0.2, -0.15) is 5.26 Å². The lowest BCUT2D eigenvalue weighted by atomic mass is 9.99. The van der Waals surface area contributed by atoms with E-state index in [-0.39, 0.29) is 5.69 Å². The topological polar surface area (TPSA) is 109 Å². The largest absolute Gasteiger partial charge is 0.391 e. The summed E-state index contributed by atoms with van der Waals surface area (Å²) in [5.74, 6) is 0. The summed E-state index contributed by atoms with van der Waals surface area (Å²) in [6, 6.07) is 14.9. The van der Waals surface area contributed by atoms with Crippen molar-refractivity contribution < 1.29 is 4.92 Å². The SMILES string of the molecule is N#CC1=CN2C(=NC1c1ccc([N+](=O)[O-])cc1)SC(N)=C2c1ccc(Cl)cc1. The van der Waals surface area contributed by atoms with E-state index in [1.807, 2.05) is 12.1 Å². The fraction of sp³-hybridized carbons (Fsp3) is 0.0526. The maximum Gasteiger partial charge on any atom is 0.269 e. The number of thioether (sulfide) groups is 1. The lowest BCUT2D eigenvalue weighted by Gasteiger charge is -2.26. The van der Waals surface area contributed by atoms with Crippen LogP contribution in [0.3, 0.4) is 0 Å². The Balaban J connectivity index is 1.71. The molecular weight excluding hydrogens is 398 g/mol. The Morgan fingerprint density at radius 3 is 2.50 bits per heavy atom. The van der Waals surface area contributed by atoms with Crippen LogP contribution in [0.1, 0.15) is 17.2 Å². The van der Waals surface area contributed by atoms with Crippen LogP contribution in [0.5, 0.6) is 0 Å². The van der Waals surface area contributed by atoms with Crippen molar-refractivity contribution in [3.05, 3.63) is 91.6 Å². The number of rotatable bonds is 3. The van der Waals surface area contributed by atoms with E-state index in [4.69, 9.17) is 17.3 Å². The first kappa shape index (κ1) is 18.1. The number of nitro benzene ring substituents is 1. The normalized spacial score (nSPS) is 18.3. The minimum atomic E-state index is -0.540. The van der Waals surface area contributed by atoms with Crippen molar-refractivity contribution in [1.82, 2.24) is 4.90 Å². The van der Waals surface area contributed by atoms with Gasteiger partial charge in [0.25, 0.3) is 5.69 Å². The molecule has 0 aromatic heterocycles. The van der Waals surface area contributed by atoms with Crippen molar-refractivity contribution in [2.45, 2.75) is 6.04 Å². The molecule has 0 saturated heterocycles. The van der Waals surface area contributed by atoms with Crippen molar-refractivity contribution >= 4 is 39.9 Å². The Morgan fingerprint density at radius 2 is 1.89 bits per heavy atom. The van der Waals surface area contributed by atoms with Crippen molar-refractivity contribution in [2.75, 3.05) is 0 Å². The zero-order chi connectivity index (χ0) is 19.8. The van der Waals surface area contributed by atoms with E-state index < -0.39 is 11.0 Å². The zero-order valence-corrected chi connectivity index (χ0v) is 15.8. The molecule has 2 aromatic carbocycles. The predicted octanol–water partition coefficient (Wildman–Crippen LogP) is 4.40. The number of fused-ring (bicyclic) bond motifs is 1. The third kappa shape index (κ3) is 3.11. The third-order valence-electron chi connectivity index (χ3n) is 4.35. The van der Waals surface area contributed by atoms with E-state index in [1.54, 1.807) is 35.4 Å². The second-order valence-corrected chi connectivity index (χ2v) is 7.50. The number of nitrogens with zero attached hydrogens (tertiary/aromatic N) is 4. The maximum atomic E-state index is 10.9. The summed E-state index contributed by atoms with van der Waals surface area (Å²) >= 11 is 7.28. The highest BCUT2D eigenvalue weighted by molar-refractivity contribution is 8.17. The molecule has 0 radical (unpaired) electrons. The molecule has 0 saturated carbocycles. The first-order valence-corrected chi connectivity index (χ1v) is 9.34. The Morgan fingerprint density at radius 1 is 1.21 bits per heavy atom. The van der Waals surface area contributed by atoms with Crippen LogP contribution in [0, 0.1) is 21.4 Å². The summed E-state index contributed by atoms with van der Waals surface area (Å²) < 4.78 is 0. The summed E-state index contributed by atoms with van der Waals surface area (Å²) in [5, 5.41) is 22.3. The molecule has 0 spiro atoms. The molecule has 2 aromatic rings. The third-order valence-corrected chi connectivity index (χ3v) is 5.50. The molecule has 1 unspecified atom stereocenters. The van der Waals surface area contributed by atoms with Gasteiger partial charge < -0.3 is 5.73 Å². The monoisotopic (exact) mass is 409 g/mol. The van der Waals surface area contributed by atoms with Crippen LogP contribution < -0.4 is 5.73 Å². The predicted molar refractivity (Wildman–Crippen MR) is 109 cm³/mol. The number of aliphatic imine (C=N–C) groups is 1. The Bertz CT molecular complexity index is 1100. The van der Waals surface area contributed by atoms with Crippen LogP contribution in [0.25, 0.3) is 5.70 Å². The fourth-order valence-corrected chi connectivity index (χ4v) is 4.06. The standard InChI is InChI=1S/C19H12ClN5O2S/c20-14-5-1-12(2-6-14)17-18(22)28-19-23-16(13(9-21)10-24(17)19)11-3-7-15(8-4-11)25(26)27/h1-8,10,16H,22H2.